The molecule has 0 fully saturated rings. The van der Waals surface area contributed by atoms with Gasteiger partial charge in [-0.25, -0.2) is 0 Å². The lowest BCUT2D eigenvalue weighted by Crippen LogP contribution is -2.36. The van der Waals surface area contributed by atoms with Gasteiger partial charge in [0.25, 0.3) is 0 Å². The molecule has 1 unspecified atom stereocenters. The van der Waals surface area contributed by atoms with E-state index in [0.717, 1.165) is 0 Å². The van der Waals surface area contributed by atoms with Crippen LogP contribution in [0.4, 0.5) is 0 Å². The lowest BCUT2D eigenvalue weighted by atomic mass is 10.2. The van der Waals surface area contributed by atoms with Crippen molar-refractivity contribution in [1.82, 2.24) is 9.47 Å². The number of fused-ring (bicyclic) bond motifs is 1. The number of nitrogens with zero attached hydrogens (tertiary/aromatic N) is 2. The molecular weight excluding hydrogens is 284 g/mol. The van der Waals surface area contributed by atoms with E-state index >= 15 is 0 Å². The largest absolute Gasteiger partial charge is 0.481 e. The number of rotatable bonds is 5. The first-order valence-corrected chi connectivity index (χ1v) is 6.95. The maximum atomic E-state index is 12.2. The van der Waals surface area contributed by atoms with Crippen LogP contribution in [0.1, 0.15) is 6.92 Å². The van der Waals surface area contributed by atoms with Crippen LogP contribution in [0.2, 0.25) is 0 Å². The van der Waals surface area contributed by atoms with E-state index in [9.17, 15) is 14.4 Å². The summed E-state index contributed by atoms with van der Waals surface area (Å²) >= 11 is 0. The second-order valence-electron chi connectivity index (χ2n) is 5.34. The van der Waals surface area contributed by atoms with Gasteiger partial charge in [-0.2, -0.15) is 0 Å². The molecule has 0 aliphatic rings. The zero-order valence-electron chi connectivity index (χ0n) is 12.5. The molecule has 6 heteroatoms. The Morgan fingerprint density at radius 2 is 1.95 bits per heavy atom. The Balaban J connectivity index is 2.21. The third-order valence-electron chi connectivity index (χ3n) is 3.59. The summed E-state index contributed by atoms with van der Waals surface area (Å²) in [7, 11) is 1.58. The van der Waals surface area contributed by atoms with Crippen molar-refractivity contribution in [3.63, 3.8) is 0 Å². The van der Waals surface area contributed by atoms with Crippen molar-refractivity contribution in [1.29, 1.82) is 0 Å². The van der Waals surface area contributed by atoms with Gasteiger partial charge in [0.05, 0.1) is 11.4 Å². The molecular formula is C16H18N2O4. The smallest absolute Gasteiger partial charge is 0.308 e. The maximum absolute atomic E-state index is 12.2. The highest BCUT2D eigenvalue weighted by atomic mass is 16.4. The summed E-state index contributed by atoms with van der Waals surface area (Å²) in [5.74, 6) is -1.77. The number of aliphatic carboxylic acids is 1. The first kappa shape index (κ1) is 15.8. The minimum Gasteiger partial charge on any atom is -0.481 e. The molecule has 6 nitrogen and oxygen atoms in total. The van der Waals surface area contributed by atoms with Crippen molar-refractivity contribution < 1.29 is 14.7 Å². The number of benzene rings is 1. The van der Waals surface area contributed by atoms with Crippen molar-refractivity contribution >= 4 is 22.8 Å². The summed E-state index contributed by atoms with van der Waals surface area (Å²) in [5.41, 5.74) is 0.593. The third kappa shape index (κ3) is 3.33. The van der Waals surface area contributed by atoms with E-state index in [1.165, 1.54) is 11.0 Å². The Labute approximate surface area is 127 Å². The van der Waals surface area contributed by atoms with Crippen molar-refractivity contribution in [2.24, 2.45) is 5.92 Å². The average molecular weight is 302 g/mol. The lowest BCUT2D eigenvalue weighted by molar-refractivity contribution is -0.142. The van der Waals surface area contributed by atoms with Gasteiger partial charge in [-0.1, -0.05) is 19.1 Å². The molecule has 1 aromatic carbocycles. The summed E-state index contributed by atoms with van der Waals surface area (Å²) in [6, 6.07) is 8.50. The molecule has 0 radical (unpaired) electrons. The van der Waals surface area contributed by atoms with E-state index in [1.807, 2.05) is 0 Å². The molecule has 0 saturated heterocycles. The fraction of sp³-hybridized carbons (Fsp3) is 0.312. The number of carboxylic acid groups (broad SMARTS) is 1. The Hall–Kier alpha value is -2.63. The number of amides is 1. The van der Waals surface area contributed by atoms with Gasteiger partial charge >= 0.3 is 5.97 Å². The minimum absolute atomic E-state index is 0.0592. The summed E-state index contributed by atoms with van der Waals surface area (Å²) in [6.45, 7) is 1.76. The van der Waals surface area contributed by atoms with Gasteiger partial charge in [-0.3, -0.25) is 14.4 Å². The van der Waals surface area contributed by atoms with E-state index < -0.39 is 11.9 Å². The van der Waals surface area contributed by atoms with E-state index in [2.05, 4.69) is 0 Å². The van der Waals surface area contributed by atoms with E-state index in [-0.39, 0.29) is 24.4 Å². The highest BCUT2D eigenvalue weighted by Crippen LogP contribution is 2.10. The number of para-hydroxylation sites is 1. The SMILES string of the molecule is CC(CN(C)C(=O)Cn1ccc(=O)c2ccccc21)C(=O)O. The number of hydrogen-bond donors (Lipinski definition) is 1. The molecule has 1 amide bonds. The normalized spacial score (nSPS) is 12.1. The molecule has 0 aliphatic heterocycles. The molecule has 0 spiro atoms. The summed E-state index contributed by atoms with van der Waals surface area (Å²) < 4.78 is 1.70. The predicted octanol–water partition coefficient (Wildman–Crippen LogP) is 1.18. The van der Waals surface area contributed by atoms with E-state index in [0.29, 0.717) is 10.9 Å². The molecule has 1 aromatic heterocycles. The van der Waals surface area contributed by atoms with Gasteiger partial charge in [-0.15, -0.1) is 0 Å². The maximum Gasteiger partial charge on any atom is 0.308 e. The van der Waals surface area contributed by atoms with Crippen LogP contribution in [0.3, 0.4) is 0 Å². The van der Waals surface area contributed by atoms with Crippen molar-refractivity contribution in [2.45, 2.75) is 13.5 Å². The number of likely N-dealkylation sites (N-methyl/N-ethyl adjacent to an activating group) is 1. The van der Waals surface area contributed by atoms with Crippen LogP contribution in [-0.4, -0.2) is 40.0 Å². The van der Waals surface area contributed by atoms with Crippen LogP contribution in [-0.2, 0) is 16.1 Å². The number of carbonyl (C=O) groups excluding carboxylic acids is 1. The summed E-state index contributed by atoms with van der Waals surface area (Å²) in [5, 5.41) is 9.45. The molecule has 2 aromatic rings. The molecule has 0 saturated carbocycles. The van der Waals surface area contributed by atoms with Crippen molar-refractivity contribution in [2.75, 3.05) is 13.6 Å². The Morgan fingerprint density at radius 1 is 1.27 bits per heavy atom. The van der Waals surface area contributed by atoms with Crippen molar-refractivity contribution in [3.8, 4) is 0 Å². The minimum atomic E-state index is -0.937. The molecule has 2 rings (SSSR count). The number of aromatic nitrogens is 1. The second-order valence-corrected chi connectivity index (χ2v) is 5.34. The molecule has 116 valence electrons. The fourth-order valence-corrected chi connectivity index (χ4v) is 2.26. The van der Waals surface area contributed by atoms with Crippen LogP contribution in [0.15, 0.2) is 41.3 Å². The summed E-state index contributed by atoms with van der Waals surface area (Å²) in [6.07, 6.45) is 1.58. The first-order chi connectivity index (χ1) is 10.4. The zero-order chi connectivity index (χ0) is 16.3. The number of hydrogen-bond acceptors (Lipinski definition) is 3. The zero-order valence-corrected chi connectivity index (χ0v) is 12.5. The van der Waals surface area contributed by atoms with Gasteiger partial charge in [0.15, 0.2) is 5.43 Å². The number of pyridine rings is 1. The highest BCUT2D eigenvalue weighted by molar-refractivity contribution is 5.82. The molecule has 0 aliphatic carbocycles. The number of carbonyl (C=O) groups is 2. The summed E-state index contributed by atoms with van der Waals surface area (Å²) in [4.78, 5) is 36.3. The van der Waals surface area contributed by atoms with Crippen LogP contribution >= 0.6 is 0 Å². The topological polar surface area (TPSA) is 79.6 Å². The molecule has 1 heterocycles. The Bertz CT molecular complexity index is 766. The fourth-order valence-electron chi connectivity index (χ4n) is 2.26. The second kappa shape index (κ2) is 6.43. The standard InChI is InChI=1S/C16H18N2O4/c1-11(16(21)22)9-17(2)15(20)10-18-8-7-14(19)12-5-3-4-6-13(12)18/h3-8,11H,9-10H2,1-2H3,(H,21,22). The van der Waals surface area contributed by atoms with Gasteiger partial charge in [-0.05, 0) is 12.1 Å². The number of carboxylic acids is 1. The van der Waals surface area contributed by atoms with E-state index in [4.69, 9.17) is 5.11 Å². The van der Waals surface area contributed by atoms with Crippen LogP contribution in [0, 0.1) is 5.92 Å². The average Bonchev–Trinajstić information content (AvgIpc) is 2.50. The Morgan fingerprint density at radius 3 is 2.64 bits per heavy atom. The monoisotopic (exact) mass is 302 g/mol. The van der Waals surface area contributed by atoms with Crippen molar-refractivity contribution in [3.05, 3.63) is 46.8 Å². The van der Waals surface area contributed by atoms with Gasteiger partial charge < -0.3 is 14.6 Å². The van der Waals surface area contributed by atoms with Crippen LogP contribution in [0.25, 0.3) is 10.9 Å². The lowest BCUT2D eigenvalue weighted by Gasteiger charge is -2.20. The highest BCUT2D eigenvalue weighted by Gasteiger charge is 2.17. The predicted molar refractivity (Wildman–Crippen MR) is 82.6 cm³/mol. The molecule has 0 bridgehead atoms. The molecule has 22 heavy (non-hydrogen) atoms. The Kier molecular flexibility index (Phi) is 4.60. The quantitative estimate of drug-likeness (QED) is 0.899. The van der Waals surface area contributed by atoms with Gasteiger partial charge in [0.2, 0.25) is 5.91 Å². The molecule has 1 N–H and O–H groups in total. The van der Waals surface area contributed by atoms with Crippen LogP contribution in [0.5, 0.6) is 0 Å². The molecule has 1 atom stereocenters. The first-order valence-electron chi connectivity index (χ1n) is 6.95. The van der Waals surface area contributed by atoms with Gasteiger partial charge in [0.1, 0.15) is 6.54 Å². The third-order valence-corrected chi connectivity index (χ3v) is 3.59. The van der Waals surface area contributed by atoms with Crippen LogP contribution < -0.4 is 5.43 Å². The van der Waals surface area contributed by atoms with Gasteiger partial charge in [0, 0.05) is 31.2 Å². The van der Waals surface area contributed by atoms with E-state index in [1.54, 1.807) is 49.0 Å².